The molecule has 1 fully saturated rings. The van der Waals surface area contributed by atoms with Gasteiger partial charge in [0.25, 0.3) is 0 Å². The molecule has 1 aromatic rings. The topological polar surface area (TPSA) is 32.5 Å². The van der Waals surface area contributed by atoms with E-state index in [1.807, 2.05) is 23.1 Å². The Morgan fingerprint density at radius 1 is 1.14 bits per heavy atom. The molecular weight excluding hydrogens is 303 g/mol. The number of nitrogens with two attached hydrogens (primary N) is 1. The van der Waals surface area contributed by atoms with Crippen molar-refractivity contribution in [1.29, 1.82) is 0 Å². The van der Waals surface area contributed by atoms with Crippen molar-refractivity contribution in [3.8, 4) is 0 Å². The molecule has 7 heteroatoms. The third kappa shape index (κ3) is 4.02. The highest BCUT2D eigenvalue weighted by Gasteiger charge is 2.43. The molecule has 1 atom stereocenters. The van der Waals surface area contributed by atoms with Crippen molar-refractivity contribution in [2.75, 3.05) is 37.6 Å². The summed E-state index contributed by atoms with van der Waals surface area (Å²) in [6.45, 7) is 1.81. The number of benzene rings is 1. The first-order chi connectivity index (χ1) is 9.93. The van der Waals surface area contributed by atoms with Gasteiger partial charge < -0.3 is 10.6 Å². The molecule has 0 aliphatic carbocycles. The fraction of sp³-hybridized carbons (Fsp3) is 0.571. The monoisotopic (exact) mass is 321 g/mol. The fourth-order valence-electron chi connectivity index (χ4n) is 2.69. The quantitative estimate of drug-likeness (QED) is 0.925. The van der Waals surface area contributed by atoms with E-state index in [1.165, 1.54) is 4.90 Å². The fourth-order valence-corrected chi connectivity index (χ4v) is 2.95. The van der Waals surface area contributed by atoms with Gasteiger partial charge in [0.2, 0.25) is 0 Å². The average molecular weight is 322 g/mol. The molecule has 1 aromatic carbocycles. The summed E-state index contributed by atoms with van der Waals surface area (Å²) in [6.07, 6.45) is -4.29. The third-order valence-electron chi connectivity index (χ3n) is 3.77. The number of nitrogens with zero attached hydrogens (tertiary/aromatic N) is 2. The molecule has 1 saturated heterocycles. The van der Waals surface area contributed by atoms with Gasteiger partial charge in [0.1, 0.15) is 6.04 Å². The van der Waals surface area contributed by atoms with Gasteiger partial charge in [-0.3, -0.25) is 4.90 Å². The minimum Gasteiger partial charge on any atom is -0.368 e. The lowest BCUT2D eigenvalue weighted by molar-refractivity contribution is -0.185. The van der Waals surface area contributed by atoms with Gasteiger partial charge in [-0.1, -0.05) is 23.7 Å². The van der Waals surface area contributed by atoms with Crippen molar-refractivity contribution >= 4 is 17.3 Å². The summed E-state index contributed by atoms with van der Waals surface area (Å²) in [5, 5.41) is 0.625. The average Bonchev–Trinajstić information content (AvgIpc) is 2.44. The van der Waals surface area contributed by atoms with Gasteiger partial charge in [-0.25, -0.2) is 0 Å². The van der Waals surface area contributed by atoms with Gasteiger partial charge in [-0.2, -0.15) is 13.2 Å². The van der Waals surface area contributed by atoms with Crippen molar-refractivity contribution in [1.82, 2.24) is 4.90 Å². The molecular formula is C14H19ClF3N3. The highest BCUT2D eigenvalue weighted by Crippen LogP contribution is 2.30. The van der Waals surface area contributed by atoms with Gasteiger partial charge in [-0.15, -0.1) is 0 Å². The molecule has 2 rings (SSSR count). The predicted octanol–water partition coefficient (Wildman–Crippen LogP) is 2.74. The van der Waals surface area contributed by atoms with E-state index in [4.69, 9.17) is 17.3 Å². The molecule has 21 heavy (non-hydrogen) atoms. The standard InChI is InChI=1S/C14H19ClF3N3/c15-11-3-1-2-4-12(11)20-7-9-21(10-8-20)13(5-6-19)14(16,17)18/h1-4,13H,5-10,19H2. The number of hydrogen-bond acceptors (Lipinski definition) is 3. The second kappa shape index (κ2) is 6.85. The lowest BCUT2D eigenvalue weighted by Gasteiger charge is -2.40. The van der Waals surface area contributed by atoms with Gasteiger partial charge >= 0.3 is 6.18 Å². The molecule has 118 valence electrons. The number of rotatable bonds is 4. The zero-order valence-corrected chi connectivity index (χ0v) is 12.4. The van der Waals surface area contributed by atoms with E-state index in [2.05, 4.69) is 0 Å². The second-order valence-corrected chi connectivity index (χ2v) is 5.52. The lowest BCUT2D eigenvalue weighted by atomic mass is 10.1. The van der Waals surface area contributed by atoms with E-state index in [0.29, 0.717) is 31.2 Å². The van der Waals surface area contributed by atoms with Gasteiger partial charge in [0, 0.05) is 26.2 Å². The van der Waals surface area contributed by atoms with Crippen LogP contribution in [0.25, 0.3) is 0 Å². The molecule has 1 heterocycles. The van der Waals surface area contributed by atoms with Crippen molar-refractivity contribution in [3.63, 3.8) is 0 Å². The van der Waals surface area contributed by atoms with Crippen LogP contribution in [0, 0.1) is 0 Å². The molecule has 0 amide bonds. The maximum absolute atomic E-state index is 13.0. The van der Waals surface area contributed by atoms with Crippen LogP contribution in [0.5, 0.6) is 0 Å². The normalized spacial score (nSPS) is 18.8. The van der Waals surface area contributed by atoms with Crippen LogP contribution in [0.15, 0.2) is 24.3 Å². The summed E-state index contributed by atoms with van der Waals surface area (Å²) in [5.41, 5.74) is 6.19. The summed E-state index contributed by atoms with van der Waals surface area (Å²) in [6, 6.07) is 5.94. The first kappa shape index (κ1) is 16.4. The Kier molecular flexibility index (Phi) is 5.35. The second-order valence-electron chi connectivity index (χ2n) is 5.11. The molecule has 3 nitrogen and oxygen atoms in total. The molecule has 1 aliphatic heterocycles. The van der Waals surface area contributed by atoms with E-state index < -0.39 is 12.2 Å². The summed E-state index contributed by atoms with van der Waals surface area (Å²) >= 11 is 6.13. The molecule has 1 aliphatic rings. The summed E-state index contributed by atoms with van der Waals surface area (Å²) in [4.78, 5) is 3.49. The number of piperazine rings is 1. The zero-order valence-electron chi connectivity index (χ0n) is 11.6. The Hall–Kier alpha value is -0.980. The number of alkyl halides is 3. The highest BCUT2D eigenvalue weighted by atomic mass is 35.5. The molecule has 1 unspecified atom stereocenters. The van der Waals surface area contributed by atoms with Crippen LogP contribution >= 0.6 is 11.6 Å². The van der Waals surface area contributed by atoms with E-state index in [1.54, 1.807) is 6.07 Å². The Balaban J connectivity index is 2.01. The number of anilines is 1. The maximum Gasteiger partial charge on any atom is 0.404 e. The SMILES string of the molecule is NCCC(N1CCN(c2ccccc2Cl)CC1)C(F)(F)F. The van der Waals surface area contributed by atoms with Crippen LogP contribution in [-0.4, -0.2) is 49.8 Å². The molecule has 0 aromatic heterocycles. The Bertz CT molecular complexity index is 459. The molecule has 0 saturated carbocycles. The van der Waals surface area contributed by atoms with Crippen molar-refractivity contribution < 1.29 is 13.2 Å². The Morgan fingerprint density at radius 3 is 2.29 bits per heavy atom. The van der Waals surface area contributed by atoms with Crippen molar-refractivity contribution in [3.05, 3.63) is 29.3 Å². The minimum atomic E-state index is -4.23. The summed E-state index contributed by atoms with van der Waals surface area (Å²) < 4.78 is 39.1. The number of para-hydroxylation sites is 1. The van der Waals surface area contributed by atoms with Gasteiger partial charge in [-0.05, 0) is 25.1 Å². The van der Waals surface area contributed by atoms with Gasteiger partial charge in [0.05, 0.1) is 10.7 Å². The van der Waals surface area contributed by atoms with E-state index in [-0.39, 0.29) is 13.0 Å². The van der Waals surface area contributed by atoms with Gasteiger partial charge in [0.15, 0.2) is 0 Å². The number of hydrogen-bond donors (Lipinski definition) is 1. The minimum absolute atomic E-state index is 0.0366. The summed E-state index contributed by atoms with van der Waals surface area (Å²) in [7, 11) is 0. The van der Waals surface area contributed by atoms with Crippen LogP contribution < -0.4 is 10.6 Å². The Morgan fingerprint density at radius 2 is 1.76 bits per heavy atom. The Labute approximate surface area is 127 Å². The largest absolute Gasteiger partial charge is 0.404 e. The van der Waals surface area contributed by atoms with Crippen LogP contribution in [0.2, 0.25) is 5.02 Å². The van der Waals surface area contributed by atoms with Crippen molar-refractivity contribution in [2.45, 2.75) is 18.6 Å². The molecule has 0 radical (unpaired) electrons. The van der Waals surface area contributed by atoms with E-state index >= 15 is 0 Å². The molecule has 0 spiro atoms. The first-order valence-corrected chi connectivity index (χ1v) is 7.31. The predicted molar refractivity (Wildman–Crippen MR) is 78.8 cm³/mol. The smallest absolute Gasteiger partial charge is 0.368 e. The third-order valence-corrected chi connectivity index (χ3v) is 4.09. The summed E-state index contributed by atoms with van der Waals surface area (Å²) in [5.74, 6) is 0. The van der Waals surface area contributed by atoms with Crippen LogP contribution in [0.3, 0.4) is 0 Å². The zero-order chi connectivity index (χ0) is 15.5. The highest BCUT2D eigenvalue weighted by molar-refractivity contribution is 6.33. The van der Waals surface area contributed by atoms with E-state index in [9.17, 15) is 13.2 Å². The van der Waals surface area contributed by atoms with Crippen molar-refractivity contribution in [2.24, 2.45) is 5.73 Å². The van der Waals surface area contributed by atoms with Crippen LogP contribution in [0.4, 0.5) is 18.9 Å². The lowest BCUT2D eigenvalue weighted by Crippen LogP contribution is -2.55. The molecule has 2 N–H and O–H groups in total. The van der Waals surface area contributed by atoms with Crippen LogP contribution in [-0.2, 0) is 0 Å². The number of halogens is 4. The molecule has 0 bridgehead atoms. The maximum atomic E-state index is 13.0. The van der Waals surface area contributed by atoms with E-state index in [0.717, 1.165) is 5.69 Å². The first-order valence-electron chi connectivity index (χ1n) is 6.94. The van der Waals surface area contributed by atoms with Crippen LogP contribution in [0.1, 0.15) is 6.42 Å².